The minimum atomic E-state index is -0.357. The maximum absolute atomic E-state index is 12.6. The van der Waals surface area contributed by atoms with Crippen LogP contribution >= 0.6 is 11.8 Å². The summed E-state index contributed by atoms with van der Waals surface area (Å²) in [5.41, 5.74) is 0.504. The third kappa shape index (κ3) is 4.26. The van der Waals surface area contributed by atoms with Gasteiger partial charge in [0.05, 0.1) is 0 Å². The molecule has 1 saturated heterocycles. The summed E-state index contributed by atoms with van der Waals surface area (Å²) in [4.78, 5) is 41.4. The normalized spacial score (nSPS) is 24.0. The molecule has 0 bridgehead atoms. The van der Waals surface area contributed by atoms with Crippen molar-refractivity contribution in [3.05, 3.63) is 33.7 Å². The van der Waals surface area contributed by atoms with E-state index in [0.29, 0.717) is 5.56 Å². The summed E-state index contributed by atoms with van der Waals surface area (Å²) in [6.07, 6.45) is 4.72. The Morgan fingerprint density at radius 1 is 1.20 bits per heavy atom. The van der Waals surface area contributed by atoms with Gasteiger partial charge in [-0.1, -0.05) is 0 Å². The molecule has 1 saturated carbocycles. The Kier molecular flexibility index (Phi) is 5.83. The summed E-state index contributed by atoms with van der Waals surface area (Å²) >= 11 is 1.90. The molecule has 0 unspecified atom stereocenters. The molecule has 1 aromatic heterocycles. The van der Waals surface area contributed by atoms with Gasteiger partial charge in [-0.05, 0) is 44.2 Å². The molecule has 2 fully saturated rings. The number of nitrogens with zero attached hydrogens (tertiary/aromatic N) is 1. The zero-order valence-electron chi connectivity index (χ0n) is 14.5. The molecule has 2 heterocycles. The number of amides is 2. The lowest BCUT2D eigenvalue weighted by Gasteiger charge is -2.34. The number of hydrogen-bond acceptors (Lipinski definition) is 4. The van der Waals surface area contributed by atoms with Gasteiger partial charge in [-0.25, -0.2) is 0 Å². The predicted octanol–water partition coefficient (Wildman–Crippen LogP) is 1.55. The number of nitrogens with one attached hydrogen (secondary N) is 2. The van der Waals surface area contributed by atoms with E-state index in [1.54, 1.807) is 19.2 Å². The van der Waals surface area contributed by atoms with Crippen molar-refractivity contribution >= 4 is 23.6 Å². The SMILES string of the molecule is Cc1cc[nH]c(=O)c1C(=O)NC1CCC(C(=O)N2CCSCC2)CC1. The number of aromatic amines is 1. The van der Waals surface area contributed by atoms with Crippen LogP contribution in [0.3, 0.4) is 0 Å². The van der Waals surface area contributed by atoms with Crippen LogP contribution in [-0.4, -0.2) is 52.3 Å². The average Bonchev–Trinajstić information content (AvgIpc) is 2.62. The van der Waals surface area contributed by atoms with Crippen LogP contribution in [-0.2, 0) is 4.79 Å². The second-order valence-electron chi connectivity index (χ2n) is 6.82. The van der Waals surface area contributed by atoms with Crippen molar-refractivity contribution in [2.24, 2.45) is 5.92 Å². The number of rotatable bonds is 3. The number of aryl methyl sites for hydroxylation is 1. The topological polar surface area (TPSA) is 82.3 Å². The van der Waals surface area contributed by atoms with E-state index in [4.69, 9.17) is 0 Å². The van der Waals surface area contributed by atoms with Crippen LogP contribution in [0.5, 0.6) is 0 Å². The molecule has 0 radical (unpaired) electrons. The zero-order chi connectivity index (χ0) is 17.8. The van der Waals surface area contributed by atoms with Gasteiger partial charge in [0.15, 0.2) is 0 Å². The van der Waals surface area contributed by atoms with Gasteiger partial charge in [0.1, 0.15) is 5.56 Å². The zero-order valence-corrected chi connectivity index (χ0v) is 15.4. The lowest BCUT2D eigenvalue weighted by Crippen LogP contribution is -2.45. The fourth-order valence-electron chi connectivity index (χ4n) is 3.64. The van der Waals surface area contributed by atoms with Crippen LogP contribution in [0, 0.1) is 12.8 Å². The minimum absolute atomic E-state index is 0.0347. The van der Waals surface area contributed by atoms with E-state index >= 15 is 0 Å². The van der Waals surface area contributed by atoms with E-state index in [-0.39, 0.29) is 34.9 Å². The smallest absolute Gasteiger partial charge is 0.261 e. The van der Waals surface area contributed by atoms with Crippen molar-refractivity contribution in [2.45, 2.75) is 38.6 Å². The summed E-state index contributed by atoms with van der Waals surface area (Å²) in [5.74, 6) is 2.10. The lowest BCUT2D eigenvalue weighted by atomic mass is 9.85. The number of H-pyrrole nitrogens is 1. The van der Waals surface area contributed by atoms with Crippen LogP contribution in [0.1, 0.15) is 41.6 Å². The van der Waals surface area contributed by atoms with Crippen molar-refractivity contribution < 1.29 is 9.59 Å². The molecular formula is C18H25N3O3S. The van der Waals surface area contributed by atoms with Crippen molar-refractivity contribution in [2.75, 3.05) is 24.6 Å². The molecule has 6 nitrogen and oxygen atoms in total. The van der Waals surface area contributed by atoms with Crippen LogP contribution in [0.15, 0.2) is 17.1 Å². The summed E-state index contributed by atoms with van der Waals surface area (Å²) < 4.78 is 0. The van der Waals surface area contributed by atoms with E-state index < -0.39 is 0 Å². The molecular weight excluding hydrogens is 338 g/mol. The number of thioether (sulfide) groups is 1. The first-order valence-corrected chi connectivity index (χ1v) is 10.1. The Morgan fingerprint density at radius 3 is 2.52 bits per heavy atom. The van der Waals surface area contributed by atoms with E-state index in [9.17, 15) is 14.4 Å². The fraction of sp³-hybridized carbons (Fsp3) is 0.611. The molecule has 1 aliphatic heterocycles. The standard InChI is InChI=1S/C18H25N3O3S/c1-12-6-7-19-16(22)15(12)17(23)20-14-4-2-13(3-5-14)18(24)21-8-10-25-11-9-21/h6-7,13-14H,2-5,8-11H2,1H3,(H,19,22)(H,20,23). The Labute approximate surface area is 151 Å². The largest absolute Gasteiger partial charge is 0.349 e. The fourth-order valence-corrected chi connectivity index (χ4v) is 4.55. The third-order valence-corrected chi connectivity index (χ3v) is 6.07. The van der Waals surface area contributed by atoms with Crippen molar-refractivity contribution in [1.82, 2.24) is 15.2 Å². The second kappa shape index (κ2) is 8.08. The Bertz CT molecular complexity index is 689. The number of hydrogen-bond donors (Lipinski definition) is 2. The van der Waals surface area contributed by atoms with Gasteiger partial charge < -0.3 is 15.2 Å². The summed E-state index contributed by atoms with van der Waals surface area (Å²) in [6.45, 7) is 3.48. The first-order valence-electron chi connectivity index (χ1n) is 8.92. The first-order chi connectivity index (χ1) is 12.1. The van der Waals surface area contributed by atoms with Crippen LogP contribution < -0.4 is 10.9 Å². The highest BCUT2D eigenvalue weighted by Gasteiger charge is 2.31. The maximum Gasteiger partial charge on any atom is 0.261 e. The van der Waals surface area contributed by atoms with E-state index in [2.05, 4.69) is 10.3 Å². The number of aromatic nitrogens is 1. The molecule has 0 spiro atoms. The van der Waals surface area contributed by atoms with Gasteiger partial charge in [0.2, 0.25) is 5.91 Å². The molecule has 1 aromatic rings. The van der Waals surface area contributed by atoms with Gasteiger partial charge >= 0.3 is 0 Å². The summed E-state index contributed by atoms with van der Waals surface area (Å²) in [6, 6.07) is 1.76. The lowest BCUT2D eigenvalue weighted by molar-refractivity contribution is -0.136. The van der Waals surface area contributed by atoms with Crippen molar-refractivity contribution in [3.8, 4) is 0 Å². The Morgan fingerprint density at radius 2 is 1.88 bits per heavy atom. The van der Waals surface area contributed by atoms with Gasteiger partial charge in [-0.3, -0.25) is 14.4 Å². The van der Waals surface area contributed by atoms with Crippen molar-refractivity contribution in [3.63, 3.8) is 0 Å². The maximum atomic E-state index is 12.6. The monoisotopic (exact) mass is 363 g/mol. The summed E-state index contributed by atoms with van der Waals surface area (Å²) in [7, 11) is 0. The Balaban J connectivity index is 1.53. The van der Waals surface area contributed by atoms with Gasteiger partial charge in [-0.15, -0.1) is 0 Å². The van der Waals surface area contributed by atoms with E-state index in [1.807, 2.05) is 16.7 Å². The van der Waals surface area contributed by atoms with E-state index in [1.165, 1.54) is 0 Å². The average molecular weight is 363 g/mol. The third-order valence-electron chi connectivity index (χ3n) is 5.13. The second-order valence-corrected chi connectivity index (χ2v) is 8.05. The molecule has 25 heavy (non-hydrogen) atoms. The molecule has 2 aliphatic rings. The molecule has 2 amide bonds. The quantitative estimate of drug-likeness (QED) is 0.854. The van der Waals surface area contributed by atoms with Crippen molar-refractivity contribution in [1.29, 1.82) is 0 Å². The highest BCUT2D eigenvalue weighted by Crippen LogP contribution is 2.27. The predicted molar refractivity (Wildman–Crippen MR) is 98.9 cm³/mol. The van der Waals surface area contributed by atoms with Crippen LogP contribution in [0.25, 0.3) is 0 Å². The molecule has 0 atom stereocenters. The molecule has 0 aromatic carbocycles. The number of carbonyl (C=O) groups excluding carboxylic acids is 2. The number of pyridine rings is 1. The van der Waals surface area contributed by atoms with Crippen LogP contribution in [0.4, 0.5) is 0 Å². The minimum Gasteiger partial charge on any atom is -0.349 e. The van der Waals surface area contributed by atoms with Crippen LogP contribution in [0.2, 0.25) is 0 Å². The highest BCUT2D eigenvalue weighted by atomic mass is 32.2. The molecule has 3 rings (SSSR count). The number of carbonyl (C=O) groups is 2. The molecule has 7 heteroatoms. The first kappa shape index (κ1) is 18.0. The molecule has 1 aliphatic carbocycles. The van der Waals surface area contributed by atoms with Gasteiger partial charge in [0, 0.05) is 42.8 Å². The Hall–Kier alpha value is -1.76. The van der Waals surface area contributed by atoms with Gasteiger partial charge in [0.25, 0.3) is 11.5 Å². The van der Waals surface area contributed by atoms with Gasteiger partial charge in [-0.2, -0.15) is 11.8 Å². The molecule has 136 valence electrons. The summed E-state index contributed by atoms with van der Waals surface area (Å²) in [5, 5.41) is 2.97. The molecule has 2 N–H and O–H groups in total. The highest BCUT2D eigenvalue weighted by molar-refractivity contribution is 7.99. The van der Waals surface area contributed by atoms with E-state index in [0.717, 1.165) is 50.3 Å².